The molecule has 0 aliphatic heterocycles. The number of thiazole rings is 1. The molecule has 1 unspecified atom stereocenters. The van der Waals surface area contributed by atoms with Gasteiger partial charge in [-0.05, 0) is 23.8 Å². The van der Waals surface area contributed by atoms with Gasteiger partial charge in [-0.1, -0.05) is 26.0 Å². The third-order valence-corrected chi connectivity index (χ3v) is 5.18. The van der Waals surface area contributed by atoms with Crippen molar-refractivity contribution in [2.45, 2.75) is 26.3 Å². The lowest BCUT2D eigenvalue weighted by Gasteiger charge is -2.10. The van der Waals surface area contributed by atoms with E-state index in [2.05, 4.69) is 37.0 Å². The predicted octanol–water partition coefficient (Wildman–Crippen LogP) is 3.56. The molecule has 2 rings (SSSR count). The Kier molecular flexibility index (Phi) is 5.03. The van der Waals surface area contributed by atoms with E-state index in [0.29, 0.717) is 0 Å². The topological polar surface area (TPSA) is 38.9 Å². The molecule has 0 spiro atoms. The molecule has 0 aliphatic rings. The molecule has 0 fully saturated rings. The Hall–Kier alpha value is -0.580. The van der Waals surface area contributed by atoms with Gasteiger partial charge in [-0.15, -0.1) is 11.3 Å². The van der Waals surface area contributed by atoms with Gasteiger partial charge in [-0.2, -0.15) is 11.8 Å². The van der Waals surface area contributed by atoms with Crippen LogP contribution >= 0.6 is 23.1 Å². The maximum absolute atomic E-state index is 6.16. The summed E-state index contributed by atoms with van der Waals surface area (Å²) >= 11 is 3.71. The van der Waals surface area contributed by atoms with Crippen LogP contribution in [0.4, 0.5) is 0 Å². The van der Waals surface area contributed by atoms with Crippen molar-refractivity contribution >= 4 is 33.3 Å². The lowest BCUT2D eigenvalue weighted by Crippen LogP contribution is -2.25. The summed E-state index contributed by atoms with van der Waals surface area (Å²) in [5.74, 6) is 2.95. The molecule has 1 aromatic carbocycles. The second kappa shape index (κ2) is 6.55. The highest BCUT2D eigenvalue weighted by Gasteiger charge is 2.09. The van der Waals surface area contributed by atoms with Gasteiger partial charge in [0.2, 0.25) is 0 Å². The van der Waals surface area contributed by atoms with Crippen molar-refractivity contribution in [2.75, 3.05) is 11.5 Å². The number of benzene rings is 1. The average molecular weight is 280 g/mol. The number of nitrogens with zero attached hydrogens (tertiary/aromatic N) is 1. The summed E-state index contributed by atoms with van der Waals surface area (Å²) < 4.78 is 1.26. The van der Waals surface area contributed by atoms with Gasteiger partial charge in [0.05, 0.1) is 15.2 Å². The first kappa shape index (κ1) is 13.8. The number of aromatic nitrogens is 1. The smallest absolute Gasteiger partial charge is 0.0954 e. The molecule has 4 heteroatoms. The highest BCUT2D eigenvalue weighted by atomic mass is 32.2. The van der Waals surface area contributed by atoms with Crippen LogP contribution in [0, 0.1) is 5.92 Å². The summed E-state index contributed by atoms with van der Waals surface area (Å²) in [6, 6.07) is 8.49. The Morgan fingerprint density at radius 2 is 2.06 bits per heavy atom. The summed E-state index contributed by atoms with van der Waals surface area (Å²) in [5, 5.41) is 1.16. The molecule has 2 aromatic rings. The Morgan fingerprint density at radius 3 is 2.78 bits per heavy atom. The van der Waals surface area contributed by atoms with Crippen molar-refractivity contribution in [3.8, 4) is 0 Å². The number of para-hydroxylation sites is 1. The predicted molar refractivity (Wildman–Crippen MR) is 83.5 cm³/mol. The van der Waals surface area contributed by atoms with Crippen LogP contribution < -0.4 is 5.73 Å². The van der Waals surface area contributed by atoms with Gasteiger partial charge in [0.1, 0.15) is 0 Å². The van der Waals surface area contributed by atoms with Crippen LogP contribution in [-0.4, -0.2) is 22.5 Å². The van der Waals surface area contributed by atoms with Gasteiger partial charge in [0.15, 0.2) is 0 Å². The number of hydrogen-bond donors (Lipinski definition) is 1. The average Bonchev–Trinajstić information content (AvgIpc) is 2.70. The Morgan fingerprint density at radius 1 is 1.28 bits per heavy atom. The molecule has 0 saturated heterocycles. The fourth-order valence-electron chi connectivity index (χ4n) is 1.75. The number of thioether (sulfide) groups is 1. The Balaban J connectivity index is 1.88. The van der Waals surface area contributed by atoms with Crippen molar-refractivity contribution in [3.63, 3.8) is 0 Å². The molecule has 1 heterocycles. The first-order valence-corrected chi connectivity index (χ1v) is 8.30. The molecule has 1 aromatic heterocycles. The zero-order valence-electron chi connectivity index (χ0n) is 10.9. The highest BCUT2D eigenvalue weighted by Crippen LogP contribution is 2.22. The van der Waals surface area contributed by atoms with Crippen LogP contribution in [0.1, 0.15) is 18.9 Å². The fraction of sp³-hybridized carbons (Fsp3) is 0.500. The summed E-state index contributed by atoms with van der Waals surface area (Å²) in [6.07, 6.45) is 0.893. The SMILES string of the molecule is CC(C)CSCC(N)Cc1nc2ccccc2s1. The molecule has 0 radical (unpaired) electrons. The van der Waals surface area contributed by atoms with Crippen LogP contribution in [-0.2, 0) is 6.42 Å². The minimum atomic E-state index is 0.217. The van der Waals surface area contributed by atoms with Gasteiger partial charge in [0, 0.05) is 18.2 Å². The molecule has 98 valence electrons. The van der Waals surface area contributed by atoms with E-state index >= 15 is 0 Å². The molecule has 2 N–H and O–H groups in total. The van der Waals surface area contributed by atoms with E-state index in [1.165, 1.54) is 10.5 Å². The third-order valence-electron chi connectivity index (χ3n) is 2.56. The van der Waals surface area contributed by atoms with E-state index < -0.39 is 0 Å². The fourth-order valence-corrected chi connectivity index (χ4v) is 3.83. The Bertz CT molecular complexity index is 460. The molecular formula is C14H20N2S2. The van der Waals surface area contributed by atoms with E-state index in [9.17, 15) is 0 Å². The maximum atomic E-state index is 6.16. The quantitative estimate of drug-likeness (QED) is 0.879. The zero-order valence-corrected chi connectivity index (χ0v) is 12.6. The van der Waals surface area contributed by atoms with Gasteiger partial charge < -0.3 is 5.73 Å². The zero-order chi connectivity index (χ0) is 13.0. The van der Waals surface area contributed by atoms with Crippen molar-refractivity contribution in [1.82, 2.24) is 4.98 Å². The molecule has 0 bridgehead atoms. The summed E-state index contributed by atoms with van der Waals surface area (Å²) in [5.41, 5.74) is 7.26. The molecule has 1 atom stereocenters. The van der Waals surface area contributed by atoms with E-state index in [1.54, 1.807) is 11.3 Å². The summed E-state index contributed by atoms with van der Waals surface area (Å²) in [7, 11) is 0. The normalized spacial score (nSPS) is 13.3. The standard InChI is InChI=1S/C14H20N2S2/c1-10(2)8-17-9-11(15)7-14-16-12-5-3-4-6-13(12)18-14/h3-6,10-11H,7-9,15H2,1-2H3. The number of hydrogen-bond acceptors (Lipinski definition) is 4. The maximum Gasteiger partial charge on any atom is 0.0954 e. The molecule has 18 heavy (non-hydrogen) atoms. The highest BCUT2D eigenvalue weighted by molar-refractivity contribution is 7.99. The van der Waals surface area contributed by atoms with E-state index in [1.807, 2.05) is 17.8 Å². The monoisotopic (exact) mass is 280 g/mol. The minimum Gasteiger partial charge on any atom is -0.327 e. The Labute approximate surface area is 117 Å². The van der Waals surface area contributed by atoms with E-state index in [-0.39, 0.29) is 6.04 Å². The molecular weight excluding hydrogens is 260 g/mol. The second-order valence-electron chi connectivity index (χ2n) is 4.97. The van der Waals surface area contributed by atoms with Crippen molar-refractivity contribution in [2.24, 2.45) is 11.7 Å². The van der Waals surface area contributed by atoms with Gasteiger partial charge >= 0.3 is 0 Å². The lowest BCUT2D eigenvalue weighted by atomic mass is 10.2. The van der Waals surface area contributed by atoms with Gasteiger partial charge in [-0.25, -0.2) is 4.98 Å². The number of nitrogens with two attached hydrogens (primary N) is 1. The van der Waals surface area contributed by atoms with Gasteiger partial charge in [0.25, 0.3) is 0 Å². The first-order chi connectivity index (χ1) is 8.65. The second-order valence-corrected chi connectivity index (χ2v) is 7.16. The van der Waals surface area contributed by atoms with Crippen LogP contribution in [0.3, 0.4) is 0 Å². The van der Waals surface area contributed by atoms with Crippen LogP contribution in [0.15, 0.2) is 24.3 Å². The van der Waals surface area contributed by atoms with Crippen LogP contribution in [0.25, 0.3) is 10.2 Å². The molecule has 2 nitrogen and oxygen atoms in total. The molecule has 0 amide bonds. The largest absolute Gasteiger partial charge is 0.327 e. The molecule has 0 aliphatic carbocycles. The van der Waals surface area contributed by atoms with Gasteiger partial charge in [-0.3, -0.25) is 0 Å². The minimum absolute atomic E-state index is 0.217. The number of rotatable bonds is 6. The van der Waals surface area contributed by atoms with Crippen molar-refractivity contribution < 1.29 is 0 Å². The third kappa shape index (κ3) is 3.97. The van der Waals surface area contributed by atoms with Crippen LogP contribution in [0.2, 0.25) is 0 Å². The van der Waals surface area contributed by atoms with E-state index in [0.717, 1.165) is 28.6 Å². The summed E-state index contributed by atoms with van der Waals surface area (Å²) in [6.45, 7) is 4.48. The lowest BCUT2D eigenvalue weighted by molar-refractivity contribution is 0.730. The van der Waals surface area contributed by atoms with Crippen LogP contribution in [0.5, 0.6) is 0 Å². The number of fused-ring (bicyclic) bond motifs is 1. The van der Waals surface area contributed by atoms with Crippen molar-refractivity contribution in [3.05, 3.63) is 29.3 Å². The molecule has 0 saturated carbocycles. The van der Waals surface area contributed by atoms with E-state index in [4.69, 9.17) is 5.73 Å². The van der Waals surface area contributed by atoms with Crippen molar-refractivity contribution in [1.29, 1.82) is 0 Å². The first-order valence-electron chi connectivity index (χ1n) is 6.33. The summed E-state index contributed by atoms with van der Waals surface area (Å²) in [4.78, 5) is 4.63.